The fourth-order valence-corrected chi connectivity index (χ4v) is 1.64. The SMILES string of the molecule is CCCCOC(=O)c1ccc2nc(C(F)(F)F)cn2c1. The van der Waals surface area contributed by atoms with E-state index in [9.17, 15) is 18.0 Å². The van der Waals surface area contributed by atoms with Gasteiger partial charge in [-0.15, -0.1) is 0 Å². The predicted octanol–water partition coefficient (Wildman–Crippen LogP) is 3.31. The molecule has 0 aromatic carbocycles. The van der Waals surface area contributed by atoms with E-state index in [-0.39, 0.29) is 11.2 Å². The van der Waals surface area contributed by atoms with Crippen LogP contribution in [-0.2, 0) is 10.9 Å². The number of rotatable bonds is 4. The lowest BCUT2D eigenvalue weighted by molar-refractivity contribution is -0.140. The number of esters is 1. The molecule has 20 heavy (non-hydrogen) atoms. The first kappa shape index (κ1) is 14.4. The summed E-state index contributed by atoms with van der Waals surface area (Å²) < 4.78 is 43.7. The Bertz CT molecular complexity index is 620. The largest absolute Gasteiger partial charge is 0.462 e. The van der Waals surface area contributed by atoms with Crippen molar-refractivity contribution >= 4 is 11.6 Å². The minimum Gasteiger partial charge on any atom is -0.462 e. The van der Waals surface area contributed by atoms with Gasteiger partial charge in [0, 0.05) is 12.4 Å². The molecule has 0 unspecified atom stereocenters. The molecule has 0 saturated carbocycles. The zero-order valence-electron chi connectivity index (χ0n) is 10.8. The van der Waals surface area contributed by atoms with Gasteiger partial charge in [-0.25, -0.2) is 9.78 Å². The van der Waals surface area contributed by atoms with E-state index in [1.54, 1.807) is 0 Å². The van der Waals surface area contributed by atoms with Gasteiger partial charge in [-0.1, -0.05) is 13.3 Å². The molecule has 2 heterocycles. The van der Waals surface area contributed by atoms with Crippen molar-refractivity contribution < 1.29 is 22.7 Å². The second-order valence-electron chi connectivity index (χ2n) is 4.30. The molecule has 0 amide bonds. The second kappa shape index (κ2) is 5.52. The number of unbranched alkanes of at least 4 members (excludes halogenated alkanes) is 1. The van der Waals surface area contributed by atoms with Crippen molar-refractivity contribution in [3.05, 3.63) is 35.8 Å². The minimum absolute atomic E-state index is 0.127. The van der Waals surface area contributed by atoms with Crippen LogP contribution in [0.25, 0.3) is 5.65 Å². The van der Waals surface area contributed by atoms with Crippen molar-refractivity contribution in [2.45, 2.75) is 25.9 Å². The van der Waals surface area contributed by atoms with E-state index in [1.807, 2.05) is 6.92 Å². The fourth-order valence-electron chi connectivity index (χ4n) is 1.64. The predicted molar refractivity (Wildman–Crippen MR) is 65.4 cm³/mol. The van der Waals surface area contributed by atoms with Crippen molar-refractivity contribution in [1.29, 1.82) is 0 Å². The summed E-state index contributed by atoms with van der Waals surface area (Å²) in [7, 11) is 0. The van der Waals surface area contributed by atoms with Gasteiger partial charge in [0.2, 0.25) is 0 Å². The molecule has 0 atom stereocenters. The van der Waals surface area contributed by atoms with Crippen molar-refractivity contribution in [3.63, 3.8) is 0 Å². The summed E-state index contributed by atoms with van der Waals surface area (Å²) in [6.07, 6.45) is -0.738. The number of hydrogen-bond donors (Lipinski definition) is 0. The second-order valence-corrected chi connectivity index (χ2v) is 4.30. The first-order valence-corrected chi connectivity index (χ1v) is 6.15. The van der Waals surface area contributed by atoms with Crippen LogP contribution in [0, 0.1) is 0 Å². The fraction of sp³-hybridized carbons (Fsp3) is 0.385. The Kier molecular flexibility index (Phi) is 3.96. The van der Waals surface area contributed by atoms with Gasteiger partial charge in [0.25, 0.3) is 0 Å². The van der Waals surface area contributed by atoms with Gasteiger partial charge in [0.1, 0.15) is 5.65 Å². The smallest absolute Gasteiger partial charge is 0.434 e. The first-order chi connectivity index (χ1) is 9.41. The molecular formula is C13H13F3N2O2. The van der Waals surface area contributed by atoms with Crippen LogP contribution in [0.4, 0.5) is 13.2 Å². The van der Waals surface area contributed by atoms with E-state index in [0.717, 1.165) is 19.0 Å². The van der Waals surface area contributed by atoms with E-state index in [0.29, 0.717) is 6.61 Å². The number of carbonyl (C=O) groups is 1. The highest BCUT2D eigenvalue weighted by molar-refractivity contribution is 5.89. The van der Waals surface area contributed by atoms with E-state index in [1.165, 1.54) is 22.7 Å². The van der Waals surface area contributed by atoms with E-state index < -0.39 is 17.8 Å². The zero-order chi connectivity index (χ0) is 14.8. The van der Waals surface area contributed by atoms with Gasteiger partial charge in [0.05, 0.1) is 12.2 Å². The number of pyridine rings is 1. The molecule has 0 radical (unpaired) electrons. The van der Waals surface area contributed by atoms with Gasteiger partial charge in [-0.3, -0.25) is 0 Å². The van der Waals surface area contributed by atoms with E-state index >= 15 is 0 Å². The van der Waals surface area contributed by atoms with Crippen LogP contribution in [0.15, 0.2) is 24.5 Å². The number of fused-ring (bicyclic) bond motifs is 1. The van der Waals surface area contributed by atoms with Crippen LogP contribution in [0.5, 0.6) is 0 Å². The highest BCUT2D eigenvalue weighted by Gasteiger charge is 2.33. The number of carbonyl (C=O) groups excluding carboxylic acids is 1. The summed E-state index contributed by atoms with van der Waals surface area (Å²) in [5.74, 6) is -0.553. The molecule has 0 saturated heterocycles. The number of nitrogens with zero attached hydrogens (tertiary/aromatic N) is 2. The summed E-state index contributed by atoms with van der Waals surface area (Å²) in [6, 6.07) is 2.75. The minimum atomic E-state index is -4.51. The van der Waals surface area contributed by atoms with Gasteiger partial charge in [-0.05, 0) is 18.6 Å². The molecule has 0 spiro atoms. The van der Waals surface area contributed by atoms with Crippen molar-refractivity contribution in [2.75, 3.05) is 6.61 Å². The summed E-state index contributed by atoms with van der Waals surface area (Å²) in [5, 5.41) is 0. The topological polar surface area (TPSA) is 43.6 Å². The molecule has 0 aliphatic carbocycles. The lowest BCUT2D eigenvalue weighted by atomic mass is 10.3. The van der Waals surface area contributed by atoms with Crippen LogP contribution in [0.1, 0.15) is 35.8 Å². The molecule has 0 aliphatic heterocycles. The van der Waals surface area contributed by atoms with E-state index in [4.69, 9.17) is 4.74 Å². The maximum atomic E-state index is 12.5. The number of hydrogen-bond acceptors (Lipinski definition) is 3. The maximum Gasteiger partial charge on any atom is 0.434 e. The lowest BCUT2D eigenvalue weighted by Crippen LogP contribution is -2.07. The van der Waals surface area contributed by atoms with Crippen LogP contribution < -0.4 is 0 Å². The Morgan fingerprint density at radius 1 is 1.35 bits per heavy atom. The summed E-state index contributed by atoms with van der Waals surface area (Å²) >= 11 is 0. The van der Waals surface area contributed by atoms with Crippen LogP contribution in [-0.4, -0.2) is 22.0 Å². The molecule has 0 N–H and O–H groups in total. The van der Waals surface area contributed by atoms with Gasteiger partial charge in [-0.2, -0.15) is 13.2 Å². The Balaban J connectivity index is 2.23. The zero-order valence-corrected chi connectivity index (χ0v) is 10.8. The maximum absolute atomic E-state index is 12.5. The number of alkyl halides is 3. The molecular weight excluding hydrogens is 273 g/mol. The average Bonchev–Trinajstić information content (AvgIpc) is 2.81. The Labute approximate surface area is 113 Å². The summed E-state index contributed by atoms with van der Waals surface area (Å²) in [6.45, 7) is 2.26. The Morgan fingerprint density at radius 2 is 2.10 bits per heavy atom. The number of imidazole rings is 1. The molecule has 2 aromatic rings. The highest BCUT2D eigenvalue weighted by atomic mass is 19.4. The van der Waals surface area contributed by atoms with Gasteiger partial charge >= 0.3 is 12.1 Å². The standard InChI is InChI=1S/C13H13F3N2O2/c1-2-3-6-20-12(19)9-4-5-11-17-10(13(14,15)16)8-18(11)7-9/h4-5,7-8H,2-3,6H2,1H3. The number of aromatic nitrogens is 2. The van der Waals surface area contributed by atoms with Crippen LogP contribution >= 0.6 is 0 Å². The van der Waals surface area contributed by atoms with Crippen molar-refractivity contribution in [2.24, 2.45) is 0 Å². The molecule has 2 aromatic heterocycles. The van der Waals surface area contributed by atoms with Crippen molar-refractivity contribution in [1.82, 2.24) is 9.38 Å². The monoisotopic (exact) mass is 286 g/mol. The molecule has 4 nitrogen and oxygen atoms in total. The lowest BCUT2D eigenvalue weighted by Gasteiger charge is -2.04. The molecule has 2 rings (SSSR count). The Morgan fingerprint density at radius 3 is 2.75 bits per heavy atom. The van der Waals surface area contributed by atoms with Crippen molar-refractivity contribution in [3.8, 4) is 0 Å². The summed E-state index contributed by atoms with van der Waals surface area (Å²) in [5.41, 5.74) is -0.670. The molecule has 0 bridgehead atoms. The number of halogens is 3. The number of ether oxygens (including phenoxy) is 1. The first-order valence-electron chi connectivity index (χ1n) is 6.15. The summed E-state index contributed by atoms with van der Waals surface area (Å²) in [4.78, 5) is 15.1. The molecule has 108 valence electrons. The molecule has 0 fully saturated rings. The quantitative estimate of drug-likeness (QED) is 0.639. The molecule has 0 aliphatic rings. The normalized spacial score (nSPS) is 11.8. The van der Waals surface area contributed by atoms with Crippen LogP contribution in [0.3, 0.4) is 0 Å². The molecule has 7 heteroatoms. The highest BCUT2D eigenvalue weighted by Crippen LogP contribution is 2.28. The average molecular weight is 286 g/mol. The third-order valence-electron chi connectivity index (χ3n) is 2.71. The third kappa shape index (κ3) is 3.09. The van der Waals surface area contributed by atoms with Gasteiger partial charge < -0.3 is 9.14 Å². The van der Waals surface area contributed by atoms with E-state index in [2.05, 4.69) is 4.98 Å². The third-order valence-corrected chi connectivity index (χ3v) is 2.71. The Hall–Kier alpha value is -2.05. The van der Waals surface area contributed by atoms with Crippen LogP contribution in [0.2, 0.25) is 0 Å². The van der Waals surface area contributed by atoms with Gasteiger partial charge in [0.15, 0.2) is 5.69 Å².